The van der Waals surface area contributed by atoms with E-state index in [0.717, 1.165) is 33.0 Å². The van der Waals surface area contributed by atoms with Crippen LogP contribution in [0, 0.1) is 0 Å². The third-order valence-corrected chi connectivity index (χ3v) is 12.2. The number of aromatic nitrogens is 4. The summed E-state index contributed by atoms with van der Waals surface area (Å²) in [5, 5.41) is 1.43. The van der Waals surface area contributed by atoms with Gasteiger partial charge in [-0.2, -0.15) is 0 Å². The van der Waals surface area contributed by atoms with Crippen LogP contribution >= 0.6 is 0 Å². The molecule has 0 saturated carbocycles. The van der Waals surface area contributed by atoms with Gasteiger partial charge in [-0.3, -0.25) is 0 Å². The number of benzene rings is 10. The van der Waals surface area contributed by atoms with Gasteiger partial charge in [-0.25, -0.2) is 15.0 Å². The maximum absolute atomic E-state index is 10.1. The molecule has 68 heavy (non-hydrogen) atoms. The number of nitrogens with zero attached hydrogens (tertiary/aromatic N) is 4. The first-order chi connectivity index (χ1) is 38.7. The Morgan fingerprint density at radius 3 is 1.68 bits per heavy atom. The summed E-state index contributed by atoms with van der Waals surface area (Å²) in [4.78, 5) is 15.5. The van der Waals surface area contributed by atoms with Gasteiger partial charge in [0.05, 0.1) is 33.2 Å². The number of furan rings is 1. The van der Waals surface area contributed by atoms with E-state index in [-0.39, 0.29) is 39.1 Å². The molecule has 0 aliphatic heterocycles. The van der Waals surface area contributed by atoms with E-state index in [2.05, 4.69) is 6.07 Å². The molecule has 0 unspecified atom stereocenters. The highest BCUT2D eigenvalue weighted by atomic mass is 16.3. The van der Waals surface area contributed by atoms with Crippen LogP contribution in [-0.2, 0) is 0 Å². The summed E-state index contributed by atoms with van der Waals surface area (Å²) in [6.45, 7) is 0. The normalized spacial score (nSPS) is 14.0. The Labute approximate surface area is 409 Å². The number of hydrogen-bond donors (Lipinski definition) is 0. The average molecular weight is 881 g/mol. The molecule has 0 N–H and O–H groups in total. The van der Waals surface area contributed by atoms with Gasteiger partial charge in [0.1, 0.15) is 11.2 Å². The highest BCUT2D eigenvalue weighted by molar-refractivity contribution is 6.12. The van der Waals surface area contributed by atoms with Gasteiger partial charge < -0.3 is 8.98 Å². The lowest BCUT2D eigenvalue weighted by Gasteiger charge is -2.20. The highest BCUT2D eigenvalue weighted by Gasteiger charge is 2.24. The molecule has 318 valence electrons. The van der Waals surface area contributed by atoms with Gasteiger partial charge in [0.15, 0.2) is 17.5 Å². The van der Waals surface area contributed by atoms with Crippen LogP contribution in [0.2, 0.25) is 0 Å². The quantitative estimate of drug-likeness (QED) is 0.153. The zero-order chi connectivity index (χ0) is 55.4. The zero-order valence-corrected chi connectivity index (χ0v) is 35.9. The Hall–Kier alpha value is -9.19. The van der Waals surface area contributed by atoms with Gasteiger partial charge in [-0.05, 0) is 99.5 Å². The van der Waals surface area contributed by atoms with Crippen LogP contribution in [0.15, 0.2) is 247 Å². The highest BCUT2D eigenvalue weighted by Crippen LogP contribution is 2.44. The molecule has 5 nitrogen and oxygen atoms in total. The van der Waals surface area contributed by atoms with Crippen LogP contribution in [0.4, 0.5) is 0 Å². The minimum absolute atomic E-state index is 0.119. The fourth-order valence-corrected chi connectivity index (χ4v) is 9.02. The van der Waals surface area contributed by atoms with Crippen LogP contribution < -0.4 is 0 Å². The third-order valence-electron chi connectivity index (χ3n) is 12.2. The molecule has 0 saturated heterocycles. The van der Waals surface area contributed by atoms with Crippen molar-refractivity contribution in [1.29, 1.82) is 0 Å². The smallest absolute Gasteiger partial charge is 0.166 e. The number of hydrogen-bond acceptors (Lipinski definition) is 4. The van der Waals surface area contributed by atoms with Crippen LogP contribution in [0.3, 0.4) is 0 Å². The van der Waals surface area contributed by atoms with Gasteiger partial charge in [0.2, 0.25) is 0 Å². The molecule has 0 aliphatic carbocycles. The molecule has 3 aromatic heterocycles. The second-order valence-electron chi connectivity index (χ2n) is 16.2. The van der Waals surface area contributed by atoms with Gasteiger partial charge in [0.25, 0.3) is 0 Å². The summed E-state index contributed by atoms with van der Waals surface area (Å²) < 4.78 is 119. The molecule has 0 fully saturated rings. The number of fused-ring (bicyclic) bond motifs is 6. The predicted octanol–water partition coefficient (Wildman–Crippen LogP) is 16.5. The van der Waals surface area contributed by atoms with E-state index in [4.69, 9.17) is 27.6 Å². The second kappa shape index (κ2) is 16.4. The number of rotatable bonds is 8. The standard InChI is InChI=1S/C63H40N4O/c1-5-18-41(19-6-1)45-33-35-57-55(39-45)51-26-13-15-30-56(51)67(57)60-50(49-37-47(42-20-7-2-8-21-42)36-48(38-49)43-22-9-3-10-23-43)28-17-29-54(60)63-65-61(44-24-11-4-12-25-44)64-62(66-63)46-32-34-53-52-27-14-16-31-58(52)68-59(53)40-46/h1-40H/i1D,5D,6D,13D,15D,18D,19D,26D,30D,33D,35D,39D. The molecule has 0 aliphatic rings. The van der Waals surface area contributed by atoms with Crippen molar-refractivity contribution in [2.75, 3.05) is 0 Å². The lowest BCUT2D eigenvalue weighted by Crippen LogP contribution is -2.05. The van der Waals surface area contributed by atoms with Crippen molar-refractivity contribution in [3.8, 4) is 84.4 Å². The molecular formula is C63H40N4O. The predicted molar refractivity (Wildman–Crippen MR) is 279 cm³/mol. The summed E-state index contributed by atoms with van der Waals surface area (Å²) >= 11 is 0. The summed E-state index contributed by atoms with van der Waals surface area (Å²) in [5.74, 6) is 0.674. The van der Waals surface area contributed by atoms with E-state index in [1.165, 1.54) is 4.57 Å². The van der Waals surface area contributed by atoms with Crippen molar-refractivity contribution in [1.82, 2.24) is 19.5 Å². The first-order valence-corrected chi connectivity index (χ1v) is 21.9. The van der Waals surface area contributed by atoms with Gasteiger partial charge in [0, 0.05) is 43.8 Å². The van der Waals surface area contributed by atoms with Crippen molar-refractivity contribution in [2.45, 2.75) is 0 Å². The van der Waals surface area contributed by atoms with Crippen LogP contribution in [0.25, 0.3) is 128 Å². The van der Waals surface area contributed by atoms with E-state index < -0.39 is 83.6 Å². The molecule has 0 radical (unpaired) electrons. The zero-order valence-electron chi connectivity index (χ0n) is 47.9. The van der Waals surface area contributed by atoms with Gasteiger partial charge in [-0.1, -0.05) is 182 Å². The van der Waals surface area contributed by atoms with E-state index in [1.807, 2.05) is 158 Å². The minimum Gasteiger partial charge on any atom is -0.456 e. The third kappa shape index (κ3) is 6.84. The molecule has 13 aromatic rings. The minimum atomic E-state index is -0.717. The lowest BCUT2D eigenvalue weighted by atomic mass is 9.91. The van der Waals surface area contributed by atoms with Crippen molar-refractivity contribution in [3.63, 3.8) is 0 Å². The van der Waals surface area contributed by atoms with Gasteiger partial charge >= 0.3 is 0 Å². The Kier molecular flexibility index (Phi) is 6.89. The molecule has 0 spiro atoms. The van der Waals surface area contributed by atoms with Crippen molar-refractivity contribution >= 4 is 43.7 Å². The van der Waals surface area contributed by atoms with Crippen LogP contribution in [-0.4, -0.2) is 19.5 Å². The summed E-state index contributed by atoms with van der Waals surface area (Å²) in [6, 6.07) is 46.3. The molecule has 3 heterocycles. The van der Waals surface area contributed by atoms with E-state index >= 15 is 0 Å². The van der Waals surface area contributed by atoms with Crippen molar-refractivity contribution in [3.05, 3.63) is 242 Å². The first-order valence-electron chi connectivity index (χ1n) is 27.9. The maximum atomic E-state index is 10.1. The fraction of sp³-hybridized carbons (Fsp3) is 0. The molecule has 13 rings (SSSR count). The maximum Gasteiger partial charge on any atom is 0.166 e. The monoisotopic (exact) mass is 880 g/mol. The van der Waals surface area contributed by atoms with Crippen molar-refractivity contribution < 1.29 is 20.9 Å². The topological polar surface area (TPSA) is 56.7 Å². The summed E-state index contributed by atoms with van der Waals surface area (Å²) in [5.41, 5.74) is 6.35. The van der Waals surface area contributed by atoms with Crippen LogP contribution in [0.1, 0.15) is 16.4 Å². The largest absolute Gasteiger partial charge is 0.456 e. The Balaban J connectivity index is 1.20. The fourth-order valence-electron chi connectivity index (χ4n) is 9.02. The van der Waals surface area contributed by atoms with E-state index in [1.54, 1.807) is 6.07 Å². The van der Waals surface area contributed by atoms with E-state index in [0.29, 0.717) is 44.8 Å². The first kappa shape index (κ1) is 28.7. The summed E-state index contributed by atoms with van der Waals surface area (Å²) in [6.07, 6.45) is 0. The Morgan fingerprint density at radius 1 is 0.338 bits per heavy atom. The molecular weight excluding hydrogens is 829 g/mol. The van der Waals surface area contributed by atoms with Crippen LogP contribution in [0.5, 0.6) is 0 Å². The second-order valence-corrected chi connectivity index (χ2v) is 16.2. The number of para-hydroxylation sites is 3. The molecule has 10 aromatic carbocycles. The molecule has 5 heteroatoms. The molecule has 0 amide bonds. The van der Waals surface area contributed by atoms with E-state index in [9.17, 15) is 8.22 Å². The molecule has 0 bridgehead atoms. The average Bonchev–Trinajstić information content (AvgIpc) is 4.25. The van der Waals surface area contributed by atoms with Gasteiger partial charge in [-0.15, -0.1) is 0 Å². The lowest BCUT2D eigenvalue weighted by molar-refractivity contribution is 0.669. The summed E-state index contributed by atoms with van der Waals surface area (Å²) in [7, 11) is 0. The SMILES string of the molecule is [2H]c1c([2H])c([2H])c(-c2c([2H])c([2H])c3c(c2[2H])c2c([2H])c([2H])c([2H])c([2H])c2n3-c2c(-c3cc(-c4ccccc4)cc(-c4ccccc4)c3)cccc2-c2nc(-c3ccccc3)nc(-c3ccc4c(c3)oc3ccccc34)n2)c([2H])c1[2H]. The Bertz CT molecular complexity index is 4650. The van der Waals surface area contributed by atoms with Crippen molar-refractivity contribution in [2.24, 2.45) is 0 Å². The molecule has 0 atom stereocenters. The Morgan fingerprint density at radius 2 is 0.926 bits per heavy atom.